The summed E-state index contributed by atoms with van der Waals surface area (Å²) in [6.45, 7) is 4.08. The number of hydrogen-bond acceptors (Lipinski definition) is 2. The fourth-order valence-corrected chi connectivity index (χ4v) is 4.40. The molecule has 0 saturated carbocycles. The number of amides is 1. The van der Waals surface area contributed by atoms with Gasteiger partial charge in [0.2, 0.25) is 0 Å². The molecule has 0 aliphatic heterocycles. The maximum absolute atomic E-state index is 13.3. The van der Waals surface area contributed by atoms with Crippen molar-refractivity contribution in [3.8, 4) is 5.75 Å². The van der Waals surface area contributed by atoms with E-state index in [0.29, 0.717) is 6.42 Å². The van der Waals surface area contributed by atoms with Crippen molar-refractivity contribution in [2.24, 2.45) is 0 Å². The van der Waals surface area contributed by atoms with Crippen LogP contribution in [0.1, 0.15) is 60.0 Å². The molecule has 0 heterocycles. The van der Waals surface area contributed by atoms with Gasteiger partial charge in [0.15, 0.2) is 6.10 Å². The maximum Gasteiger partial charge on any atom is 0.261 e. The number of hydrogen-bond donors (Lipinski definition) is 1. The topological polar surface area (TPSA) is 38.3 Å². The Morgan fingerprint density at radius 1 is 0.935 bits per heavy atom. The van der Waals surface area contributed by atoms with Crippen molar-refractivity contribution in [3.63, 3.8) is 0 Å². The monoisotopic (exact) mass is 413 g/mol. The van der Waals surface area contributed by atoms with E-state index >= 15 is 0 Å². The van der Waals surface area contributed by atoms with Gasteiger partial charge >= 0.3 is 0 Å². The van der Waals surface area contributed by atoms with E-state index in [1.54, 1.807) is 0 Å². The second-order valence-electron chi connectivity index (χ2n) is 8.36. The molecule has 0 bridgehead atoms. The van der Waals surface area contributed by atoms with Gasteiger partial charge in [0.25, 0.3) is 5.91 Å². The van der Waals surface area contributed by atoms with Gasteiger partial charge in [-0.3, -0.25) is 4.79 Å². The fourth-order valence-electron chi connectivity index (χ4n) is 4.40. The summed E-state index contributed by atoms with van der Waals surface area (Å²) < 4.78 is 6.18. The van der Waals surface area contributed by atoms with Crippen LogP contribution in [-0.2, 0) is 17.6 Å². The Morgan fingerprint density at radius 3 is 2.39 bits per heavy atom. The zero-order valence-electron chi connectivity index (χ0n) is 18.4. The molecule has 3 heteroatoms. The van der Waals surface area contributed by atoms with Gasteiger partial charge in [-0.05, 0) is 79.0 Å². The molecule has 3 aromatic rings. The first-order valence-corrected chi connectivity index (χ1v) is 11.3. The molecule has 1 aliphatic rings. The molecule has 0 fully saturated rings. The molecule has 0 aromatic heterocycles. The van der Waals surface area contributed by atoms with Crippen molar-refractivity contribution < 1.29 is 9.53 Å². The summed E-state index contributed by atoms with van der Waals surface area (Å²) in [5.41, 5.74) is 6.10. The summed E-state index contributed by atoms with van der Waals surface area (Å²) >= 11 is 0. The van der Waals surface area contributed by atoms with E-state index in [4.69, 9.17) is 4.74 Å². The smallest absolute Gasteiger partial charge is 0.261 e. The first kappa shape index (κ1) is 21.2. The molecule has 160 valence electrons. The Balaban J connectivity index is 1.55. The summed E-state index contributed by atoms with van der Waals surface area (Å²) in [6.07, 6.45) is 4.80. The third-order valence-corrected chi connectivity index (χ3v) is 6.18. The molecule has 0 saturated heterocycles. The first-order chi connectivity index (χ1) is 15.2. The van der Waals surface area contributed by atoms with Gasteiger partial charge < -0.3 is 10.1 Å². The number of carbonyl (C=O) groups excluding carboxylic acids is 1. The van der Waals surface area contributed by atoms with Crippen LogP contribution < -0.4 is 10.1 Å². The standard InChI is InChI=1S/C28H31NO2/c1-3-26(31-24-18-17-21-12-8-9-15-23(21)19-24)28(30)29-27(22-13-5-4-6-14-22)25-16-10-7-11-20(25)2/h4-7,10-11,13-14,16-19,26-27H,3,8-9,12,15H2,1-2H3,(H,29,30)/t26-,27-/m1/s1. The predicted molar refractivity (Wildman–Crippen MR) is 125 cm³/mol. The Labute approximate surface area is 185 Å². The van der Waals surface area contributed by atoms with Gasteiger partial charge in [-0.15, -0.1) is 0 Å². The van der Waals surface area contributed by atoms with Crippen LogP contribution in [-0.4, -0.2) is 12.0 Å². The lowest BCUT2D eigenvalue weighted by molar-refractivity contribution is -0.128. The van der Waals surface area contributed by atoms with Crippen molar-refractivity contribution in [1.29, 1.82) is 0 Å². The average molecular weight is 414 g/mol. The van der Waals surface area contributed by atoms with Crippen molar-refractivity contribution in [2.75, 3.05) is 0 Å². The number of aryl methyl sites for hydroxylation is 3. The van der Waals surface area contributed by atoms with E-state index in [1.807, 2.05) is 43.3 Å². The predicted octanol–water partition coefficient (Wildman–Crippen LogP) is 5.94. The zero-order chi connectivity index (χ0) is 21.6. The first-order valence-electron chi connectivity index (χ1n) is 11.3. The highest BCUT2D eigenvalue weighted by molar-refractivity contribution is 5.82. The number of benzene rings is 3. The van der Waals surface area contributed by atoms with E-state index in [2.05, 4.69) is 48.6 Å². The SMILES string of the molecule is CC[C@@H](Oc1ccc2c(c1)CCCC2)C(=O)N[C@H](c1ccccc1)c1ccccc1C. The second kappa shape index (κ2) is 9.82. The highest BCUT2D eigenvalue weighted by Crippen LogP contribution is 2.28. The molecule has 0 radical (unpaired) electrons. The minimum absolute atomic E-state index is 0.0858. The Kier molecular flexibility index (Phi) is 6.71. The van der Waals surface area contributed by atoms with Gasteiger partial charge in [0.1, 0.15) is 5.75 Å². The fraction of sp³-hybridized carbons (Fsp3) is 0.321. The van der Waals surface area contributed by atoms with E-state index in [1.165, 1.54) is 24.0 Å². The molecule has 31 heavy (non-hydrogen) atoms. The molecule has 0 spiro atoms. The quantitative estimate of drug-likeness (QED) is 0.521. The van der Waals surface area contributed by atoms with Crippen molar-refractivity contribution in [1.82, 2.24) is 5.32 Å². The molecule has 0 unspecified atom stereocenters. The van der Waals surface area contributed by atoms with Crippen molar-refractivity contribution in [3.05, 3.63) is 101 Å². The van der Waals surface area contributed by atoms with Gasteiger partial charge in [-0.1, -0.05) is 67.6 Å². The van der Waals surface area contributed by atoms with Crippen LogP contribution in [0.3, 0.4) is 0 Å². The van der Waals surface area contributed by atoms with Gasteiger partial charge in [0.05, 0.1) is 6.04 Å². The number of rotatable bonds is 7. The largest absolute Gasteiger partial charge is 0.481 e. The molecule has 3 nitrogen and oxygen atoms in total. The third kappa shape index (κ3) is 4.99. The Bertz CT molecular complexity index is 1030. The molecule has 1 aliphatic carbocycles. The minimum Gasteiger partial charge on any atom is -0.481 e. The molecule has 3 aromatic carbocycles. The van der Waals surface area contributed by atoms with Crippen LogP contribution in [0.5, 0.6) is 5.75 Å². The van der Waals surface area contributed by atoms with Crippen LogP contribution in [0, 0.1) is 6.92 Å². The van der Waals surface area contributed by atoms with Gasteiger partial charge in [-0.2, -0.15) is 0 Å². The molecular weight excluding hydrogens is 382 g/mol. The summed E-state index contributed by atoms with van der Waals surface area (Å²) in [7, 11) is 0. The van der Waals surface area contributed by atoms with E-state index in [9.17, 15) is 4.79 Å². The molecule has 4 rings (SSSR count). The average Bonchev–Trinajstić information content (AvgIpc) is 2.82. The maximum atomic E-state index is 13.3. The Hall–Kier alpha value is -3.07. The van der Waals surface area contributed by atoms with Crippen molar-refractivity contribution >= 4 is 5.91 Å². The van der Waals surface area contributed by atoms with Gasteiger partial charge in [-0.25, -0.2) is 0 Å². The minimum atomic E-state index is -0.531. The van der Waals surface area contributed by atoms with Crippen LogP contribution in [0.2, 0.25) is 0 Å². The summed E-state index contributed by atoms with van der Waals surface area (Å²) in [5, 5.41) is 3.26. The number of ether oxygens (including phenoxy) is 1. The van der Waals surface area contributed by atoms with Crippen LogP contribution in [0.25, 0.3) is 0 Å². The highest BCUT2D eigenvalue weighted by atomic mass is 16.5. The van der Waals surface area contributed by atoms with Crippen LogP contribution in [0.15, 0.2) is 72.8 Å². The molecule has 1 N–H and O–H groups in total. The number of nitrogens with one attached hydrogen (secondary N) is 1. The van der Waals surface area contributed by atoms with Crippen molar-refractivity contribution in [2.45, 2.75) is 58.1 Å². The lowest BCUT2D eigenvalue weighted by Crippen LogP contribution is -2.40. The second-order valence-corrected chi connectivity index (χ2v) is 8.36. The third-order valence-electron chi connectivity index (χ3n) is 6.18. The molecule has 1 amide bonds. The van der Waals surface area contributed by atoms with Crippen LogP contribution >= 0.6 is 0 Å². The zero-order valence-corrected chi connectivity index (χ0v) is 18.4. The molecule has 2 atom stereocenters. The van der Waals surface area contributed by atoms with E-state index in [0.717, 1.165) is 35.3 Å². The molecular formula is C28H31NO2. The lowest BCUT2D eigenvalue weighted by Gasteiger charge is -2.25. The van der Waals surface area contributed by atoms with Gasteiger partial charge in [0, 0.05) is 0 Å². The van der Waals surface area contributed by atoms with E-state index in [-0.39, 0.29) is 11.9 Å². The lowest BCUT2D eigenvalue weighted by atomic mass is 9.92. The summed E-state index contributed by atoms with van der Waals surface area (Å²) in [4.78, 5) is 13.3. The van der Waals surface area contributed by atoms with E-state index < -0.39 is 6.10 Å². The highest BCUT2D eigenvalue weighted by Gasteiger charge is 2.25. The number of fused-ring (bicyclic) bond motifs is 1. The Morgan fingerprint density at radius 2 is 1.65 bits per heavy atom. The number of carbonyl (C=O) groups is 1. The van der Waals surface area contributed by atoms with Crippen LogP contribution in [0.4, 0.5) is 0 Å². The summed E-state index contributed by atoms with van der Waals surface area (Å²) in [6, 6.07) is 24.4. The normalized spacial score (nSPS) is 14.9. The summed E-state index contributed by atoms with van der Waals surface area (Å²) in [5.74, 6) is 0.701.